The lowest BCUT2D eigenvalue weighted by atomic mass is 9.87. The van der Waals surface area contributed by atoms with Crippen LogP contribution in [0.25, 0.3) is 0 Å². The quantitative estimate of drug-likeness (QED) is 0.678. The molecule has 0 unspecified atom stereocenters. The molecule has 2 aromatic carbocycles. The number of nitrogens with one attached hydrogen (secondary N) is 1. The van der Waals surface area contributed by atoms with Gasteiger partial charge in [0.2, 0.25) is 15.9 Å². The van der Waals surface area contributed by atoms with Crippen molar-refractivity contribution in [3.05, 3.63) is 59.2 Å². The van der Waals surface area contributed by atoms with Gasteiger partial charge in [-0.25, -0.2) is 8.42 Å². The first-order valence-corrected chi connectivity index (χ1v) is 13.3. The van der Waals surface area contributed by atoms with E-state index >= 15 is 0 Å². The third-order valence-electron chi connectivity index (χ3n) is 6.98. The maximum absolute atomic E-state index is 13.4. The van der Waals surface area contributed by atoms with Crippen molar-refractivity contribution in [1.82, 2.24) is 9.62 Å². The van der Waals surface area contributed by atoms with Crippen molar-refractivity contribution >= 4 is 15.9 Å². The summed E-state index contributed by atoms with van der Waals surface area (Å²) < 4.78 is 33.7. The summed E-state index contributed by atoms with van der Waals surface area (Å²) in [6.07, 6.45) is 4.11. The number of amides is 1. The second-order valence-corrected chi connectivity index (χ2v) is 11.3. The van der Waals surface area contributed by atoms with Crippen LogP contribution in [-0.2, 0) is 21.2 Å². The number of hydrogen-bond acceptors (Lipinski definition) is 4. The highest BCUT2D eigenvalue weighted by atomic mass is 32.2. The standard InChI is InChI=1S/C26H34N2O4S/c1-18(2)21-11-12-24(32-3)25(17-21)33(30,31)28-15-13-20(14-16-28)26(29)27-23-10-6-8-19-7-4-5-9-22(19)23/h4-5,7,9,11-12,17-18,20,23H,6,8,10,13-16H2,1-3H3,(H,27,29)/t23-/m1/s1. The third-order valence-corrected chi connectivity index (χ3v) is 8.90. The van der Waals surface area contributed by atoms with Crippen molar-refractivity contribution in [3.63, 3.8) is 0 Å². The normalized spacial score (nSPS) is 19.8. The summed E-state index contributed by atoms with van der Waals surface area (Å²) in [4.78, 5) is 13.2. The molecule has 7 heteroatoms. The molecule has 6 nitrogen and oxygen atoms in total. The van der Waals surface area contributed by atoms with E-state index in [0.717, 1.165) is 24.8 Å². The maximum atomic E-state index is 13.4. The average molecular weight is 471 g/mol. The molecule has 0 aromatic heterocycles. The van der Waals surface area contributed by atoms with Crippen LogP contribution in [0.15, 0.2) is 47.4 Å². The summed E-state index contributed by atoms with van der Waals surface area (Å²) in [5.74, 6) is 0.432. The number of carbonyl (C=O) groups excluding carboxylic acids is 1. The molecule has 178 valence electrons. The molecule has 1 aliphatic carbocycles. The molecule has 1 saturated heterocycles. The first-order chi connectivity index (χ1) is 15.8. The van der Waals surface area contributed by atoms with E-state index in [1.54, 1.807) is 12.1 Å². The van der Waals surface area contributed by atoms with Crippen molar-refractivity contribution in [2.75, 3.05) is 20.2 Å². The van der Waals surface area contributed by atoms with Crippen LogP contribution < -0.4 is 10.1 Å². The molecule has 1 aliphatic heterocycles. The summed E-state index contributed by atoms with van der Waals surface area (Å²) in [6, 6.07) is 13.7. The van der Waals surface area contributed by atoms with Gasteiger partial charge in [-0.2, -0.15) is 4.31 Å². The van der Waals surface area contributed by atoms with Gasteiger partial charge >= 0.3 is 0 Å². The molecule has 0 bridgehead atoms. The fourth-order valence-corrected chi connectivity index (χ4v) is 6.61. The lowest BCUT2D eigenvalue weighted by Gasteiger charge is -2.33. The van der Waals surface area contributed by atoms with Gasteiger partial charge in [0.25, 0.3) is 0 Å². The summed E-state index contributed by atoms with van der Waals surface area (Å²) >= 11 is 0. The highest BCUT2D eigenvalue weighted by molar-refractivity contribution is 7.89. The molecule has 2 aromatic rings. The van der Waals surface area contributed by atoms with Gasteiger partial charge < -0.3 is 10.1 Å². The second kappa shape index (κ2) is 9.85. The SMILES string of the molecule is COc1ccc(C(C)C)cc1S(=O)(=O)N1CCC(C(=O)N[C@@H]2CCCc3ccccc32)CC1. The lowest BCUT2D eigenvalue weighted by molar-refractivity contribution is -0.127. The topological polar surface area (TPSA) is 75.7 Å². The summed E-state index contributed by atoms with van der Waals surface area (Å²) in [5, 5.41) is 3.24. The maximum Gasteiger partial charge on any atom is 0.246 e. The zero-order valence-electron chi connectivity index (χ0n) is 19.7. The van der Waals surface area contributed by atoms with Gasteiger partial charge in [0.05, 0.1) is 13.2 Å². The van der Waals surface area contributed by atoms with Crippen molar-refractivity contribution in [1.29, 1.82) is 0 Å². The first-order valence-electron chi connectivity index (χ1n) is 11.9. The van der Waals surface area contributed by atoms with Crippen molar-refractivity contribution < 1.29 is 17.9 Å². The highest BCUT2D eigenvalue weighted by Crippen LogP contribution is 2.33. The zero-order chi connectivity index (χ0) is 23.6. The molecule has 0 spiro atoms. The predicted molar refractivity (Wildman–Crippen MR) is 129 cm³/mol. The molecule has 1 amide bonds. The number of fused-ring (bicyclic) bond motifs is 1. The van der Waals surface area contributed by atoms with Crippen LogP contribution in [0.3, 0.4) is 0 Å². The molecule has 33 heavy (non-hydrogen) atoms. The molecule has 2 aliphatic rings. The number of nitrogens with zero attached hydrogens (tertiary/aromatic N) is 1. The number of aryl methyl sites for hydroxylation is 1. The molecule has 1 heterocycles. The molecule has 1 atom stereocenters. The average Bonchev–Trinajstić information content (AvgIpc) is 2.83. The predicted octanol–water partition coefficient (Wildman–Crippen LogP) is 4.41. The van der Waals surface area contributed by atoms with Crippen molar-refractivity contribution in [3.8, 4) is 5.75 Å². The Hall–Kier alpha value is -2.38. The van der Waals surface area contributed by atoms with E-state index in [-0.39, 0.29) is 28.7 Å². The van der Waals surface area contributed by atoms with Crippen LogP contribution >= 0.6 is 0 Å². The molecular weight excluding hydrogens is 436 g/mol. The van der Waals surface area contributed by atoms with Gasteiger partial charge in [0, 0.05) is 19.0 Å². The van der Waals surface area contributed by atoms with E-state index in [1.807, 2.05) is 32.0 Å². The third kappa shape index (κ3) is 4.94. The Kier molecular flexibility index (Phi) is 7.10. The molecule has 0 radical (unpaired) electrons. The Morgan fingerprint density at radius 1 is 1.09 bits per heavy atom. The van der Waals surface area contributed by atoms with Crippen LogP contribution in [0, 0.1) is 5.92 Å². The van der Waals surface area contributed by atoms with E-state index in [9.17, 15) is 13.2 Å². The number of carbonyl (C=O) groups is 1. The van der Waals surface area contributed by atoms with Gasteiger partial charge in [-0.3, -0.25) is 4.79 Å². The lowest BCUT2D eigenvalue weighted by Crippen LogP contribution is -2.44. The molecule has 1 fully saturated rings. The van der Waals surface area contributed by atoms with Crippen LogP contribution in [0.5, 0.6) is 5.75 Å². The minimum absolute atomic E-state index is 0.0353. The van der Waals surface area contributed by atoms with Gasteiger partial charge in [0.1, 0.15) is 10.6 Å². The highest BCUT2D eigenvalue weighted by Gasteiger charge is 2.35. The first kappa shape index (κ1) is 23.8. The number of piperidine rings is 1. The zero-order valence-corrected chi connectivity index (χ0v) is 20.5. The Morgan fingerprint density at radius 2 is 1.82 bits per heavy atom. The van der Waals surface area contributed by atoms with E-state index in [1.165, 1.54) is 22.5 Å². The van der Waals surface area contributed by atoms with Crippen LogP contribution in [0.1, 0.15) is 68.2 Å². The van der Waals surface area contributed by atoms with Crippen LogP contribution in [0.4, 0.5) is 0 Å². The number of hydrogen-bond donors (Lipinski definition) is 1. The number of methoxy groups -OCH3 is 1. The van der Waals surface area contributed by atoms with E-state index in [4.69, 9.17) is 4.74 Å². The van der Waals surface area contributed by atoms with Gasteiger partial charge in [-0.15, -0.1) is 0 Å². The second-order valence-electron chi connectivity index (χ2n) is 9.40. The van der Waals surface area contributed by atoms with Gasteiger partial charge in [-0.1, -0.05) is 44.2 Å². The minimum atomic E-state index is -3.70. The summed E-state index contributed by atoms with van der Waals surface area (Å²) in [6.45, 7) is 4.73. The number of benzene rings is 2. The van der Waals surface area contributed by atoms with Crippen LogP contribution in [-0.4, -0.2) is 38.8 Å². The van der Waals surface area contributed by atoms with E-state index in [0.29, 0.717) is 31.7 Å². The largest absolute Gasteiger partial charge is 0.495 e. The van der Waals surface area contributed by atoms with Crippen LogP contribution in [0.2, 0.25) is 0 Å². The van der Waals surface area contributed by atoms with Gasteiger partial charge in [-0.05, 0) is 66.8 Å². The fraction of sp³-hybridized carbons (Fsp3) is 0.500. The Balaban J connectivity index is 1.43. The van der Waals surface area contributed by atoms with Crippen molar-refractivity contribution in [2.24, 2.45) is 5.92 Å². The Morgan fingerprint density at radius 3 is 2.52 bits per heavy atom. The smallest absolute Gasteiger partial charge is 0.246 e. The summed E-state index contributed by atoms with van der Waals surface area (Å²) in [5.41, 5.74) is 3.48. The van der Waals surface area contributed by atoms with E-state index in [2.05, 4.69) is 17.4 Å². The van der Waals surface area contributed by atoms with Gasteiger partial charge in [0.15, 0.2) is 0 Å². The molecule has 1 N–H and O–H groups in total. The minimum Gasteiger partial charge on any atom is -0.495 e. The number of ether oxygens (including phenoxy) is 1. The Bertz CT molecular complexity index is 1110. The molecule has 4 rings (SSSR count). The monoisotopic (exact) mass is 470 g/mol. The molecular formula is C26H34N2O4S. The van der Waals surface area contributed by atoms with E-state index < -0.39 is 10.0 Å². The number of sulfonamides is 1. The molecule has 0 saturated carbocycles. The summed E-state index contributed by atoms with van der Waals surface area (Å²) in [7, 11) is -2.21. The fourth-order valence-electron chi connectivity index (χ4n) is 4.94. The Labute approximate surface area is 197 Å². The van der Waals surface area contributed by atoms with Crippen molar-refractivity contribution in [2.45, 2.75) is 62.8 Å². The number of rotatable bonds is 6.